The number of carbonyl (C=O) groups is 1. The zero-order chi connectivity index (χ0) is 12.1. The van der Waals surface area contributed by atoms with E-state index in [1.54, 1.807) is 6.92 Å². The molecule has 88 valence electrons. The molecule has 0 aliphatic heterocycles. The third kappa shape index (κ3) is 2.93. The lowest BCUT2D eigenvalue weighted by Gasteiger charge is -2.11. The topological polar surface area (TPSA) is 64.3 Å². The largest absolute Gasteiger partial charge is 0.494 e. The Morgan fingerprint density at radius 3 is 2.88 bits per heavy atom. The number of carbonyl (C=O) groups excluding carboxylic acids is 1. The maximum absolute atomic E-state index is 13.1. The Hall–Kier alpha value is -1.62. The summed E-state index contributed by atoms with van der Waals surface area (Å²) in [4.78, 5) is 11.5. The van der Waals surface area contributed by atoms with Gasteiger partial charge in [-0.15, -0.1) is 0 Å². The molecule has 0 spiro atoms. The van der Waals surface area contributed by atoms with Gasteiger partial charge in [-0.2, -0.15) is 0 Å². The van der Waals surface area contributed by atoms with E-state index in [9.17, 15) is 9.18 Å². The van der Waals surface area contributed by atoms with Crippen LogP contribution in [0.5, 0.6) is 5.75 Å². The van der Waals surface area contributed by atoms with Crippen LogP contribution in [0.3, 0.4) is 0 Å². The van der Waals surface area contributed by atoms with Gasteiger partial charge in [0.25, 0.3) is 0 Å². The number of nitrogens with two attached hydrogens (primary N) is 1. The molecule has 0 aliphatic rings. The van der Waals surface area contributed by atoms with Crippen molar-refractivity contribution in [3.63, 3.8) is 0 Å². The number of anilines is 1. The first kappa shape index (κ1) is 12.4. The van der Waals surface area contributed by atoms with E-state index in [-0.39, 0.29) is 24.1 Å². The second-order valence-electron chi connectivity index (χ2n) is 3.48. The van der Waals surface area contributed by atoms with Gasteiger partial charge in [0.1, 0.15) is 0 Å². The summed E-state index contributed by atoms with van der Waals surface area (Å²) in [7, 11) is 1.37. The Bertz CT molecular complexity index is 382. The minimum absolute atomic E-state index is 0.0956. The van der Waals surface area contributed by atoms with E-state index in [4.69, 9.17) is 10.5 Å². The van der Waals surface area contributed by atoms with E-state index in [1.165, 1.54) is 25.3 Å². The quantitative estimate of drug-likeness (QED) is 0.814. The van der Waals surface area contributed by atoms with E-state index in [1.807, 2.05) is 0 Å². The van der Waals surface area contributed by atoms with E-state index >= 15 is 0 Å². The molecular weight excluding hydrogens is 211 g/mol. The van der Waals surface area contributed by atoms with Gasteiger partial charge in [-0.25, -0.2) is 4.39 Å². The highest BCUT2D eigenvalue weighted by atomic mass is 19.1. The first-order valence-corrected chi connectivity index (χ1v) is 4.93. The van der Waals surface area contributed by atoms with E-state index < -0.39 is 5.82 Å². The molecule has 0 radical (unpaired) electrons. The SMILES string of the molecule is COc1cc(NC(=O)C(C)CN)ccc1F. The number of ether oxygens (including phenoxy) is 1. The minimum Gasteiger partial charge on any atom is -0.494 e. The summed E-state index contributed by atoms with van der Waals surface area (Å²) < 4.78 is 17.9. The molecule has 5 heteroatoms. The first-order chi connectivity index (χ1) is 7.58. The molecule has 0 heterocycles. The lowest BCUT2D eigenvalue weighted by atomic mass is 10.1. The van der Waals surface area contributed by atoms with Crippen LogP contribution in [0.2, 0.25) is 0 Å². The summed E-state index contributed by atoms with van der Waals surface area (Å²) in [6, 6.07) is 4.14. The van der Waals surface area contributed by atoms with Gasteiger partial charge in [-0.1, -0.05) is 6.92 Å². The smallest absolute Gasteiger partial charge is 0.228 e. The number of benzene rings is 1. The third-order valence-electron chi connectivity index (χ3n) is 2.22. The molecular formula is C11H15FN2O2. The predicted molar refractivity (Wildman–Crippen MR) is 59.8 cm³/mol. The van der Waals surface area contributed by atoms with Crippen LogP contribution >= 0.6 is 0 Å². The fourth-order valence-electron chi connectivity index (χ4n) is 1.11. The molecule has 1 unspecified atom stereocenters. The van der Waals surface area contributed by atoms with Crippen LogP contribution in [0.4, 0.5) is 10.1 Å². The Kier molecular flexibility index (Phi) is 4.25. The van der Waals surface area contributed by atoms with E-state index in [2.05, 4.69) is 5.32 Å². The van der Waals surface area contributed by atoms with Crippen LogP contribution in [-0.2, 0) is 4.79 Å². The van der Waals surface area contributed by atoms with Crippen molar-refractivity contribution in [2.24, 2.45) is 11.7 Å². The number of hydrogen-bond acceptors (Lipinski definition) is 3. The predicted octanol–water partition coefficient (Wildman–Crippen LogP) is 1.37. The number of halogens is 1. The maximum Gasteiger partial charge on any atom is 0.228 e. The number of methoxy groups -OCH3 is 1. The number of nitrogens with one attached hydrogen (secondary N) is 1. The summed E-state index contributed by atoms with van der Waals surface area (Å²) in [5, 5.41) is 2.63. The van der Waals surface area contributed by atoms with Crippen molar-refractivity contribution in [3.05, 3.63) is 24.0 Å². The minimum atomic E-state index is -0.465. The van der Waals surface area contributed by atoms with Gasteiger partial charge in [-0.05, 0) is 12.1 Å². The second-order valence-corrected chi connectivity index (χ2v) is 3.48. The van der Waals surface area contributed by atoms with Gasteiger partial charge in [0, 0.05) is 24.2 Å². The van der Waals surface area contributed by atoms with Crippen molar-refractivity contribution < 1.29 is 13.9 Å². The van der Waals surface area contributed by atoms with Crippen LogP contribution in [0, 0.1) is 11.7 Å². The van der Waals surface area contributed by atoms with Crippen LogP contribution in [0.1, 0.15) is 6.92 Å². The fraction of sp³-hybridized carbons (Fsp3) is 0.364. The van der Waals surface area contributed by atoms with Gasteiger partial charge in [0.05, 0.1) is 7.11 Å². The molecule has 0 saturated heterocycles. The lowest BCUT2D eigenvalue weighted by Crippen LogP contribution is -2.26. The summed E-state index contributed by atoms with van der Waals surface area (Å²) in [6.45, 7) is 1.99. The van der Waals surface area contributed by atoms with Gasteiger partial charge in [0.2, 0.25) is 5.91 Å². The average molecular weight is 226 g/mol. The van der Waals surface area contributed by atoms with Crippen LogP contribution in [0.15, 0.2) is 18.2 Å². The van der Waals surface area contributed by atoms with Crippen molar-refractivity contribution in [2.45, 2.75) is 6.92 Å². The number of amides is 1. The van der Waals surface area contributed by atoms with Crippen LogP contribution in [0.25, 0.3) is 0 Å². The second kappa shape index (κ2) is 5.46. The first-order valence-electron chi connectivity index (χ1n) is 4.93. The zero-order valence-electron chi connectivity index (χ0n) is 9.29. The van der Waals surface area contributed by atoms with Gasteiger partial charge in [-0.3, -0.25) is 4.79 Å². The van der Waals surface area contributed by atoms with Crippen molar-refractivity contribution in [2.75, 3.05) is 19.0 Å². The molecule has 1 aromatic rings. The molecule has 3 N–H and O–H groups in total. The Morgan fingerprint density at radius 1 is 1.62 bits per heavy atom. The van der Waals surface area contributed by atoms with Crippen molar-refractivity contribution in [1.29, 1.82) is 0 Å². The number of rotatable bonds is 4. The standard InChI is InChI=1S/C11H15FN2O2/c1-7(6-13)11(15)14-8-3-4-9(12)10(5-8)16-2/h3-5,7H,6,13H2,1-2H3,(H,14,15). The molecule has 1 atom stereocenters. The highest BCUT2D eigenvalue weighted by Gasteiger charge is 2.12. The summed E-state index contributed by atoms with van der Waals surface area (Å²) in [5.74, 6) is -0.849. The summed E-state index contributed by atoms with van der Waals surface area (Å²) in [5.41, 5.74) is 5.85. The van der Waals surface area contributed by atoms with Crippen molar-refractivity contribution in [1.82, 2.24) is 0 Å². The normalized spacial score (nSPS) is 12.0. The third-order valence-corrected chi connectivity index (χ3v) is 2.22. The monoisotopic (exact) mass is 226 g/mol. The highest BCUT2D eigenvalue weighted by molar-refractivity contribution is 5.92. The molecule has 1 aromatic carbocycles. The Morgan fingerprint density at radius 2 is 2.31 bits per heavy atom. The average Bonchev–Trinajstić information content (AvgIpc) is 2.30. The van der Waals surface area contributed by atoms with Gasteiger partial charge < -0.3 is 15.8 Å². The molecule has 0 saturated carbocycles. The Balaban J connectivity index is 2.78. The fourth-order valence-corrected chi connectivity index (χ4v) is 1.11. The molecule has 1 rings (SSSR count). The molecule has 0 aromatic heterocycles. The zero-order valence-corrected chi connectivity index (χ0v) is 9.29. The van der Waals surface area contributed by atoms with E-state index in [0.29, 0.717) is 5.69 Å². The summed E-state index contributed by atoms with van der Waals surface area (Å²) in [6.07, 6.45) is 0. The Labute approximate surface area is 93.6 Å². The maximum atomic E-state index is 13.1. The van der Waals surface area contributed by atoms with E-state index in [0.717, 1.165) is 0 Å². The van der Waals surface area contributed by atoms with Crippen LogP contribution in [-0.4, -0.2) is 19.6 Å². The van der Waals surface area contributed by atoms with Crippen LogP contribution < -0.4 is 15.8 Å². The summed E-state index contributed by atoms with van der Waals surface area (Å²) >= 11 is 0. The highest BCUT2D eigenvalue weighted by Crippen LogP contribution is 2.21. The molecule has 1 amide bonds. The molecule has 16 heavy (non-hydrogen) atoms. The molecule has 0 aliphatic carbocycles. The number of hydrogen-bond donors (Lipinski definition) is 2. The molecule has 0 bridgehead atoms. The molecule has 0 fully saturated rings. The van der Waals surface area contributed by atoms with Crippen molar-refractivity contribution >= 4 is 11.6 Å². The van der Waals surface area contributed by atoms with Gasteiger partial charge in [0.15, 0.2) is 11.6 Å². The van der Waals surface area contributed by atoms with Crippen molar-refractivity contribution in [3.8, 4) is 5.75 Å². The lowest BCUT2D eigenvalue weighted by molar-refractivity contribution is -0.119. The van der Waals surface area contributed by atoms with Gasteiger partial charge >= 0.3 is 0 Å². The molecule has 4 nitrogen and oxygen atoms in total.